The van der Waals surface area contributed by atoms with Gasteiger partial charge in [-0.2, -0.15) is 0 Å². The Morgan fingerprint density at radius 3 is 2.70 bits per heavy atom. The first-order valence-electron chi connectivity index (χ1n) is 11.1. The third-order valence-corrected chi connectivity index (χ3v) is 9.73. The highest BCUT2D eigenvalue weighted by atomic mass is 16.3. The SMILES string of the molecule is CCC[N+]12[C@H](O)[C@@H](CC)[C@H]3C[C@@H]1[C@@H]1N(C)c4ccccc4[C@]14C[C@H]2C3[C@H]4O. The summed E-state index contributed by atoms with van der Waals surface area (Å²) in [6, 6.07) is 9.97. The van der Waals surface area contributed by atoms with E-state index in [1.165, 1.54) is 17.7 Å². The number of piperidine rings is 4. The number of benzene rings is 1. The zero-order valence-corrected chi connectivity index (χ0v) is 16.8. The summed E-state index contributed by atoms with van der Waals surface area (Å²) in [7, 11) is 2.23. The van der Waals surface area contributed by atoms with Crippen LogP contribution in [-0.4, -0.2) is 58.7 Å². The zero-order chi connectivity index (χ0) is 18.7. The van der Waals surface area contributed by atoms with Crippen LogP contribution in [0.4, 0.5) is 5.69 Å². The van der Waals surface area contributed by atoms with Crippen LogP contribution in [0, 0.1) is 17.8 Å². The topological polar surface area (TPSA) is 43.7 Å². The molecule has 10 atom stereocenters. The van der Waals surface area contributed by atoms with Gasteiger partial charge in [0.15, 0.2) is 6.23 Å². The summed E-state index contributed by atoms with van der Waals surface area (Å²) in [6.45, 7) is 5.56. The Labute approximate surface area is 162 Å². The second-order valence-corrected chi connectivity index (χ2v) is 10.1. The molecule has 0 aromatic heterocycles. The first kappa shape index (κ1) is 16.8. The Kier molecular flexibility index (Phi) is 3.17. The van der Waals surface area contributed by atoms with E-state index < -0.39 is 0 Å². The van der Waals surface area contributed by atoms with E-state index in [-0.39, 0.29) is 17.7 Å². The van der Waals surface area contributed by atoms with Gasteiger partial charge >= 0.3 is 0 Å². The van der Waals surface area contributed by atoms with Crippen molar-refractivity contribution in [2.24, 2.45) is 17.8 Å². The number of quaternary nitrogens is 1. The number of para-hydroxylation sites is 1. The molecule has 5 aliphatic heterocycles. The fraction of sp³-hybridized carbons (Fsp3) is 0.739. The first-order chi connectivity index (χ1) is 13.0. The van der Waals surface area contributed by atoms with Crippen molar-refractivity contribution in [1.29, 1.82) is 0 Å². The maximum absolute atomic E-state index is 11.9. The summed E-state index contributed by atoms with van der Waals surface area (Å²) < 4.78 is 0.873. The molecule has 6 aliphatic rings. The molecule has 4 saturated heterocycles. The number of aliphatic hydroxyl groups excluding tert-OH is 2. The average Bonchev–Trinajstić information content (AvgIpc) is 3.06. The molecule has 1 aromatic carbocycles. The minimum Gasteiger partial charge on any atom is -0.392 e. The highest BCUT2D eigenvalue weighted by molar-refractivity contribution is 5.66. The molecule has 1 spiro atoms. The number of fused-ring (bicyclic) bond motifs is 2. The molecular formula is C23H33N2O2+. The average molecular weight is 370 g/mol. The molecule has 1 aliphatic carbocycles. The standard InChI is InChI=1S/C23H33N2O2/c1-4-10-25-17-11-14(13(5-2)22(25)27)19-18(25)12-23(21(19)26)15-8-6-7-9-16(15)24(3)20(17)23/h6-9,13-14,17-22,26-27H,4-5,10-12H2,1-3H3/q+1/t13-,14+,17+,18-,19?,20-,21+,22+,23+,25?/m0/s1. The van der Waals surface area contributed by atoms with Crippen LogP contribution in [0.2, 0.25) is 0 Å². The monoisotopic (exact) mass is 369 g/mol. The molecule has 5 fully saturated rings. The number of rotatable bonds is 3. The molecule has 1 aromatic rings. The Morgan fingerprint density at radius 1 is 1.19 bits per heavy atom. The molecule has 4 heteroatoms. The molecule has 0 amide bonds. The number of hydrogen-bond acceptors (Lipinski definition) is 3. The van der Waals surface area contributed by atoms with Gasteiger partial charge in [0, 0.05) is 37.4 Å². The predicted molar refractivity (Wildman–Crippen MR) is 105 cm³/mol. The molecule has 5 heterocycles. The van der Waals surface area contributed by atoms with Crippen LogP contribution in [-0.2, 0) is 5.41 Å². The highest BCUT2D eigenvalue weighted by Crippen LogP contribution is 2.71. The molecule has 7 rings (SSSR count). The van der Waals surface area contributed by atoms with E-state index in [1.807, 2.05) is 0 Å². The van der Waals surface area contributed by atoms with Crippen molar-refractivity contribution in [2.75, 3.05) is 18.5 Å². The van der Waals surface area contributed by atoms with E-state index in [1.54, 1.807) is 0 Å². The fourth-order valence-corrected chi connectivity index (χ4v) is 9.23. The van der Waals surface area contributed by atoms with Crippen molar-refractivity contribution in [3.63, 3.8) is 0 Å². The Balaban J connectivity index is 1.62. The Morgan fingerprint density at radius 2 is 1.96 bits per heavy atom. The van der Waals surface area contributed by atoms with Gasteiger partial charge in [0.05, 0.1) is 30.1 Å². The normalized spacial score (nSPS) is 53.7. The molecule has 4 nitrogen and oxygen atoms in total. The summed E-state index contributed by atoms with van der Waals surface area (Å²) in [5.74, 6) is 1.18. The van der Waals surface area contributed by atoms with Gasteiger partial charge in [-0.25, -0.2) is 0 Å². The molecule has 1 saturated carbocycles. The maximum atomic E-state index is 11.9. The van der Waals surface area contributed by atoms with Gasteiger partial charge in [0.2, 0.25) is 0 Å². The number of likely N-dealkylation sites (N-methyl/N-ethyl adjacent to an activating group) is 1. The Bertz CT molecular complexity index is 798. The van der Waals surface area contributed by atoms with Crippen molar-refractivity contribution in [3.05, 3.63) is 29.8 Å². The lowest BCUT2D eigenvalue weighted by Crippen LogP contribution is -2.83. The Hall–Kier alpha value is -1.10. The lowest BCUT2D eigenvalue weighted by Gasteiger charge is -2.68. The van der Waals surface area contributed by atoms with Crippen LogP contribution >= 0.6 is 0 Å². The third kappa shape index (κ3) is 1.51. The van der Waals surface area contributed by atoms with Gasteiger partial charge in [-0.15, -0.1) is 0 Å². The van der Waals surface area contributed by atoms with Gasteiger partial charge in [0.1, 0.15) is 6.04 Å². The van der Waals surface area contributed by atoms with E-state index in [0.29, 0.717) is 35.9 Å². The van der Waals surface area contributed by atoms with Crippen LogP contribution in [0.3, 0.4) is 0 Å². The van der Waals surface area contributed by atoms with Crippen LogP contribution in [0.15, 0.2) is 24.3 Å². The fourth-order valence-electron chi connectivity index (χ4n) is 9.23. The molecule has 0 radical (unpaired) electrons. The van der Waals surface area contributed by atoms with Crippen molar-refractivity contribution in [2.45, 2.75) is 75.4 Å². The smallest absolute Gasteiger partial charge is 0.194 e. The van der Waals surface area contributed by atoms with Crippen LogP contribution < -0.4 is 4.90 Å². The van der Waals surface area contributed by atoms with Crippen molar-refractivity contribution >= 4 is 5.69 Å². The van der Waals surface area contributed by atoms with Crippen molar-refractivity contribution in [3.8, 4) is 0 Å². The summed E-state index contributed by atoms with van der Waals surface area (Å²) >= 11 is 0. The molecule has 146 valence electrons. The van der Waals surface area contributed by atoms with E-state index in [2.05, 4.69) is 50.1 Å². The van der Waals surface area contributed by atoms with Gasteiger partial charge in [0.25, 0.3) is 0 Å². The second-order valence-electron chi connectivity index (χ2n) is 10.1. The summed E-state index contributed by atoms with van der Waals surface area (Å²) in [5, 5.41) is 23.6. The van der Waals surface area contributed by atoms with Gasteiger partial charge < -0.3 is 15.1 Å². The quantitative estimate of drug-likeness (QED) is 0.805. The van der Waals surface area contributed by atoms with Crippen LogP contribution in [0.1, 0.15) is 45.1 Å². The molecule has 27 heavy (non-hydrogen) atoms. The number of aliphatic hydroxyl groups is 2. The summed E-state index contributed by atoms with van der Waals surface area (Å²) in [4.78, 5) is 2.48. The molecule has 2 N–H and O–H groups in total. The third-order valence-electron chi connectivity index (χ3n) is 9.73. The number of hydrogen-bond donors (Lipinski definition) is 2. The van der Waals surface area contributed by atoms with E-state index in [9.17, 15) is 10.2 Å². The van der Waals surface area contributed by atoms with Crippen molar-refractivity contribution < 1.29 is 14.7 Å². The minimum atomic E-state index is -0.271. The maximum Gasteiger partial charge on any atom is 0.194 e. The van der Waals surface area contributed by atoms with Gasteiger partial charge in [-0.1, -0.05) is 32.0 Å². The lowest BCUT2D eigenvalue weighted by atomic mass is 9.60. The molecule has 2 unspecified atom stereocenters. The van der Waals surface area contributed by atoms with E-state index in [0.717, 1.165) is 30.3 Å². The second kappa shape index (κ2) is 5.08. The predicted octanol–water partition coefficient (Wildman–Crippen LogP) is 2.48. The zero-order valence-electron chi connectivity index (χ0n) is 16.8. The number of anilines is 1. The largest absolute Gasteiger partial charge is 0.392 e. The first-order valence-corrected chi connectivity index (χ1v) is 11.1. The molecule has 5 bridgehead atoms. The summed E-state index contributed by atoms with van der Waals surface area (Å²) in [6.07, 6.45) is 3.84. The summed E-state index contributed by atoms with van der Waals surface area (Å²) in [5.41, 5.74) is 2.56. The van der Waals surface area contributed by atoms with Crippen LogP contribution in [0.5, 0.6) is 0 Å². The van der Waals surface area contributed by atoms with Gasteiger partial charge in [-0.05, 0) is 30.4 Å². The van der Waals surface area contributed by atoms with E-state index in [4.69, 9.17) is 0 Å². The highest BCUT2D eigenvalue weighted by Gasteiger charge is 2.82. The van der Waals surface area contributed by atoms with E-state index >= 15 is 0 Å². The van der Waals surface area contributed by atoms with Crippen LogP contribution in [0.25, 0.3) is 0 Å². The van der Waals surface area contributed by atoms with Gasteiger partial charge in [-0.3, -0.25) is 4.48 Å². The minimum absolute atomic E-state index is 0.127. The van der Waals surface area contributed by atoms with Crippen molar-refractivity contribution in [1.82, 2.24) is 0 Å². The lowest BCUT2D eigenvalue weighted by molar-refractivity contribution is -1.04. The molecular weight excluding hydrogens is 336 g/mol. The number of nitrogens with zero attached hydrogens (tertiary/aromatic N) is 2.